The molecule has 1 aromatic rings. The van der Waals surface area contributed by atoms with E-state index in [9.17, 15) is 31.5 Å². The van der Waals surface area contributed by atoms with Crippen LogP contribution in [-0.2, 0) is 9.59 Å². The third-order valence-electron chi connectivity index (χ3n) is 4.72. The molecule has 1 fully saturated rings. The number of hydrogen-bond acceptors (Lipinski definition) is 5. The molecule has 3 heterocycles. The molecule has 0 radical (unpaired) electrons. The summed E-state index contributed by atoms with van der Waals surface area (Å²) in [5.74, 6) is -3.77. The molecule has 2 amide bonds. The summed E-state index contributed by atoms with van der Waals surface area (Å²) in [5.41, 5.74) is -2.49. The van der Waals surface area contributed by atoms with Crippen molar-refractivity contribution in [1.29, 1.82) is 0 Å². The number of benzene rings is 1. The summed E-state index contributed by atoms with van der Waals surface area (Å²) in [6.07, 6.45) is -8.79. The number of para-hydroxylation sites is 2. The number of fused-ring (bicyclic) bond motifs is 1. The van der Waals surface area contributed by atoms with Gasteiger partial charge in [-0.25, -0.2) is 0 Å². The maximum atomic E-state index is 13.7. The molecule has 0 saturated carbocycles. The number of rotatable bonds is 3. The van der Waals surface area contributed by atoms with Crippen molar-refractivity contribution in [1.82, 2.24) is 4.90 Å². The van der Waals surface area contributed by atoms with Gasteiger partial charge < -0.3 is 9.64 Å². The molecular formula is C15H11F5N4O3. The molecule has 27 heavy (non-hydrogen) atoms. The van der Waals surface area contributed by atoms with Gasteiger partial charge >= 0.3 is 18.2 Å². The quantitative estimate of drug-likeness (QED) is 0.743. The van der Waals surface area contributed by atoms with Gasteiger partial charge in [0.05, 0.1) is 11.6 Å². The SMILES string of the molecule is O=C(CN1C(=O)C(F)(F)Oc2ccccc21)N1CC(C2(C(F)(F)F)N=N2)C1. The number of carbonyl (C=O) groups is 2. The standard InChI is InChI=1S/C15H11F5N4O3/c16-14(17)12(26)24(9-3-1-2-4-10(9)27-14)7-11(25)23-5-8(6-23)13(21-22-13)15(18,19)20/h1-4,8H,5-7H2. The minimum absolute atomic E-state index is 0.0159. The second kappa shape index (κ2) is 5.36. The van der Waals surface area contributed by atoms with Crippen LogP contribution in [0.3, 0.4) is 0 Å². The van der Waals surface area contributed by atoms with Crippen LogP contribution in [-0.4, -0.2) is 54.3 Å². The molecule has 7 nitrogen and oxygen atoms in total. The highest BCUT2D eigenvalue weighted by atomic mass is 19.4. The van der Waals surface area contributed by atoms with Crippen LogP contribution in [0.4, 0.5) is 27.6 Å². The predicted octanol–water partition coefficient (Wildman–Crippen LogP) is 2.19. The Morgan fingerprint density at radius 1 is 1.22 bits per heavy atom. The van der Waals surface area contributed by atoms with E-state index in [1.165, 1.54) is 24.3 Å². The number of nitrogens with zero attached hydrogens (tertiary/aromatic N) is 4. The first kappa shape index (κ1) is 17.6. The molecule has 0 spiro atoms. The predicted molar refractivity (Wildman–Crippen MR) is 78.1 cm³/mol. The van der Waals surface area contributed by atoms with Crippen LogP contribution >= 0.6 is 0 Å². The molecule has 1 saturated heterocycles. The van der Waals surface area contributed by atoms with Crippen molar-refractivity contribution in [3.05, 3.63) is 24.3 Å². The second-order valence-corrected chi connectivity index (χ2v) is 6.40. The first-order chi connectivity index (χ1) is 12.6. The zero-order valence-corrected chi connectivity index (χ0v) is 13.4. The topological polar surface area (TPSA) is 74.6 Å². The van der Waals surface area contributed by atoms with Gasteiger partial charge in [0, 0.05) is 13.1 Å². The Morgan fingerprint density at radius 2 is 1.85 bits per heavy atom. The summed E-state index contributed by atoms with van der Waals surface area (Å²) in [5, 5.41) is 6.16. The minimum Gasteiger partial charge on any atom is -0.423 e. The molecule has 0 bridgehead atoms. The third-order valence-corrected chi connectivity index (χ3v) is 4.72. The Balaban J connectivity index is 1.46. The first-order valence-corrected chi connectivity index (χ1v) is 7.81. The van der Waals surface area contributed by atoms with Gasteiger partial charge in [-0.2, -0.15) is 22.0 Å². The number of likely N-dealkylation sites (tertiary alicyclic amines) is 1. The van der Waals surface area contributed by atoms with E-state index in [1.54, 1.807) is 0 Å². The fourth-order valence-corrected chi connectivity index (χ4v) is 3.11. The van der Waals surface area contributed by atoms with Crippen molar-refractivity contribution >= 4 is 17.5 Å². The van der Waals surface area contributed by atoms with E-state index in [0.29, 0.717) is 4.90 Å². The van der Waals surface area contributed by atoms with Gasteiger partial charge in [-0.15, -0.1) is 10.2 Å². The molecule has 0 aromatic heterocycles. The Kier molecular flexibility index (Phi) is 3.50. The molecule has 3 aliphatic rings. The summed E-state index contributed by atoms with van der Waals surface area (Å²) in [7, 11) is 0. The largest absolute Gasteiger partial charge is 0.482 e. The van der Waals surface area contributed by atoms with E-state index < -0.39 is 42.2 Å². The zero-order chi connectivity index (χ0) is 19.6. The molecule has 1 aromatic carbocycles. The second-order valence-electron chi connectivity index (χ2n) is 6.40. The van der Waals surface area contributed by atoms with Gasteiger partial charge in [0.15, 0.2) is 5.75 Å². The van der Waals surface area contributed by atoms with E-state index in [1.807, 2.05) is 0 Å². The summed E-state index contributed by atoms with van der Waals surface area (Å²) in [4.78, 5) is 25.9. The summed E-state index contributed by atoms with van der Waals surface area (Å²) >= 11 is 0. The maximum Gasteiger partial charge on any atom is 0.482 e. The van der Waals surface area contributed by atoms with Gasteiger partial charge in [-0.1, -0.05) is 12.1 Å². The lowest BCUT2D eigenvalue weighted by atomic mass is 9.88. The average molecular weight is 390 g/mol. The molecule has 0 unspecified atom stereocenters. The molecule has 0 N–H and O–H groups in total. The van der Waals surface area contributed by atoms with E-state index >= 15 is 0 Å². The van der Waals surface area contributed by atoms with E-state index in [-0.39, 0.29) is 24.5 Å². The highest BCUT2D eigenvalue weighted by Gasteiger charge is 2.70. The lowest BCUT2D eigenvalue weighted by Crippen LogP contribution is -2.62. The highest BCUT2D eigenvalue weighted by molar-refractivity contribution is 6.04. The van der Waals surface area contributed by atoms with Crippen LogP contribution in [0, 0.1) is 5.92 Å². The van der Waals surface area contributed by atoms with Crippen molar-refractivity contribution in [2.75, 3.05) is 24.5 Å². The Labute approximate surface area is 148 Å². The monoisotopic (exact) mass is 390 g/mol. The van der Waals surface area contributed by atoms with Crippen molar-refractivity contribution in [2.45, 2.75) is 17.9 Å². The van der Waals surface area contributed by atoms with Crippen LogP contribution in [0.25, 0.3) is 0 Å². The van der Waals surface area contributed by atoms with Gasteiger partial charge in [0.1, 0.15) is 6.54 Å². The first-order valence-electron chi connectivity index (χ1n) is 7.81. The number of alkyl halides is 5. The van der Waals surface area contributed by atoms with Gasteiger partial charge in [0.2, 0.25) is 5.91 Å². The van der Waals surface area contributed by atoms with Crippen LogP contribution in [0.5, 0.6) is 5.75 Å². The number of anilines is 1. The van der Waals surface area contributed by atoms with Crippen LogP contribution in [0.1, 0.15) is 0 Å². The summed E-state index contributed by atoms with van der Waals surface area (Å²) in [6.45, 7) is -1.29. The molecule has 0 aliphatic carbocycles. The summed E-state index contributed by atoms with van der Waals surface area (Å²) < 4.78 is 70.6. The minimum atomic E-state index is -4.64. The van der Waals surface area contributed by atoms with Gasteiger partial charge in [-0.3, -0.25) is 14.5 Å². The lowest BCUT2D eigenvalue weighted by Gasteiger charge is -2.43. The van der Waals surface area contributed by atoms with Gasteiger partial charge in [0.25, 0.3) is 5.66 Å². The van der Waals surface area contributed by atoms with Crippen LogP contribution in [0.2, 0.25) is 0 Å². The van der Waals surface area contributed by atoms with Gasteiger partial charge in [-0.05, 0) is 12.1 Å². The number of amides is 2. The van der Waals surface area contributed by atoms with Crippen molar-refractivity contribution in [3.8, 4) is 5.75 Å². The Bertz CT molecular complexity index is 844. The maximum absolute atomic E-state index is 13.7. The fraction of sp³-hybridized carbons (Fsp3) is 0.467. The number of halogens is 5. The molecule has 12 heteroatoms. The zero-order valence-electron chi connectivity index (χ0n) is 13.4. The average Bonchev–Trinajstić information content (AvgIpc) is 3.31. The summed E-state index contributed by atoms with van der Waals surface area (Å²) in [6, 6.07) is 5.44. The third kappa shape index (κ3) is 2.61. The molecular weight excluding hydrogens is 379 g/mol. The molecule has 0 atom stereocenters. The fourth-order valence-electron chi connectivity index (χ4n) is 3.11. The van der Waals surface area contributed by atoms with Crippen molar-refractivity contribution < 1.29 is 36.3 Å². The van der Waals surface area contributed by atoms with Crippen LogP contribution in [0.15, 0.2) is 34.5 Å². The lowest BCUT2D eigenvalue weighted by molar-refractivity contribution is -0.194. The van der Waals surface area contributed by atoms with Crippen LogP contribution < -0.4 is 9.64 Å². The molecule has 3 aliphatic heterocycles. The normalized spacial score (nSPS) is 22.8. The number of hydrogen-bond donors (Lipinski definition) is 0. The molecule has 144 valence electrons. The van der Waals surface area contributed by atoms with E-state index in [2.05, 4.69) is 15.0 Å². The number of carbonyl (C=O) groups excluding carboxylic acids is 2. The Morgan fingerprint density at radius 3 is 2.44 bits per heavy atom. The van der Waals surface area contributed by atoms with E-state index in [0.717, 1.165) is 4.90 Å². The van der Waals surface area contributed by atoms with Crippen molar-refractivity contribution in [3.63, 3.8) is 0 Å². The highest BCUT2D eigenvalue weighted by Crippen LogP contribution is 2.52. The Hall–Kier alpha value is -2.79. The smallest absolute Gasteiger partial charge is 0.423 e. The van der Waals surface area contributed by atoms with Crippen molar-refractivity contribution in [2.24, 2.45) is 16.1 Å². The van der Waals surface area contributed by atoms with E-state index in [4.69, 9.17) is 0 Å². The molecule has 4 rings (SSSR count). The number of ether oxygens (including phenoxy) is 1.